The predicted molar refractivity (Wildman–Crippen MR) is 105 cm³/mol. The molecule has 1 aromatic carbocycles. The van der Waals surface area contributed by atoms with E-state index in [4.69, 9.17) is 0 Å². The predicted octanol–water partition coefficient (Wildman–Crippen LogP) is 2.99. The summed E-state index contributed by atoms with van der Waals surface area (Å²) >= 11 is 0. The van der Waals surface area contributed by atoms with E-state index in [9.17, 15) is 13.6 Å². The van der Waals surface area contributed by atoms with Gasteiger partial charge in [-0.15, -0.1) is 0 Å². The summed E-state index contributed by atoms with van der Waals surface area (Å²) in [6.07, 6.45) is 5.50. The smallest absolute Gasteiger partial charge is 0.387 e. The van der Waals surface area contributed by atoms with Gasteiger partial charge in [-0.1, -0.05) is 31.4 Å². The first-order valence-corrected chi connectivity index (χ1v) is 9.73. The van der Waals surface area contributed by atoms with Gasteiger partial charge in [0, 0.05) is 39.6 Å². The van der Waals surface area contributed by atoms with Crippen molar-refractivity contribution in [2.24, 2.45) is 10.9 Å². The Balaban J connectivity index is 1.72. The first-order valence-electron chi connectivity index (χ1n) is 9.73. The molecule has 1 aromatic rings. The molecule has 1 aliphatic rings. The molecule has 6 nitrogen and oxygen atoms in total. The van der Waals surface area contributed by atoms with E-state index in [0.29, 0.717) is 25.6 Å². The molecule has 1 amide bonds. The quantitative estimate of drug-likeness (QED) is 0.403. The summed E-state index contributed by atoms with van der Waals surface area (Å²) < 4.78 is 28.8. The van der Waals surface area contributed by atoms with Gasteiger partial charge in [-0.25, -0.2) is 0 Å². The summed E-state index contributed by atoms with van der Waals surface area (Å²) in [4.78, 5) is 18.3. The molecule has 1 fully saturated rings. The number of halogens is 2. The number of ether oxygens (including phenoxy) is 1. The molecule has 156 valence electrons. The number of carbonyl (C=O) groups excluding carboxylic acids is 1. The highest BCUT2D eigenvalue weighted by atomic mass is 19.3. The van der Waals surface area contributed by atoms with Crippen molar-refractivity contribution in [1.29, 1.82) is 0 Å². The minimum Gasteiger partial charge on any atom is -0.435 e. The van der Waals surface area contributed by atoms with E-state index in [2.05, 4.69) is 20.4 Å². The zero-order valence-electron chi connectivity index (χ0n) is 16.6. The summed E-state index contributed by atoms with van der Waals surface area (Å²) in [5, 5.41) is 6.21. The van der Waals surface area contributed by atoms with Gasteiger partial charge >= 0.3 is 6.61 Å². The zero-order chi connectivity index (χ0) is 20.4. The van der Waals surface area contributed by atoms with E-state index < -0.39 is 6.61 Å². The van der Waals surface area contributed by atoms with Crippen LogP contribution in [-0.4, -0.2) is 50.6 Å². The number of guanidine groups is 1. The first kappa shape index (κ1) is 21.9. The third-order valence-corrected chi connectivity index (χ3v) is 4.82. The normalized spacial score (nSPS) is 15.4. The Morgan fingerprint density at radius 3 is 2.43 bits per heavy atom. The van der Waals surface area contributed by atoms with E-state index in [0.717, 1.165) is 31.2 Å². The van der Waals surface area contributed by atoms with Gasteiger partial charge in [-0.2, -0.15) is 8.78 Å². The van der Waals surface area contributed by atoms with E-state index in [1.165, 1.54) is 18.6 Å². The van der Waals surface area contributed by atoms with E-state index in [1.54, 1.807) is 19.2 Å². The standard InChI is InChI=1S/C20H30F2N4O2/c1-23-20(25-13-12-24-18(27)16-6-4-3-5-7-16)26(2)14-15-8-10-17(11-9-15)28-19(21)22/h8-11,16,19H,3-7,12-14H2,1-2H3,(H,23,25)(H,24,27). The van der Waals surface area contributed by atoms with E-state index >= 15 is 0 Å². The highest BCUT2D eigenvalue weighted by Gasteiger charge is 2.20. The average molecular weight is 396 g/mol. The Morgan fingerprint density at radius 1 is 1.18 bits per heavy atom. The number of aliphatic imine (C=N–C) groups is 1. The SMILES string of the molecule is CN=C(NCCNC(=O)C1CCCCC1)N(C)Cc1ccc(OC(F)F)cc1. The molecule has 0 atom stereocenters. The average Bonchev–Trinajstić information content (AvgIpc) is 2.69. The summed E-state index contributed by atoms with van der Waals surface area (Å²) in [5.74, 6) is 1.14. The van der Waals surface area contributed by atoms with Gasteiger partial charge < -0.3 is 20.3 Å². The van der Waals surface area contributed by atoms with Crippen LogP contribution in [-0.2, 0) is 11.3 Å². The topological polar surface area (TPSA) is 66.0 Å². The van der Waals surface area contributed by atoms with Crippen LogP contribution >= 0.6 is 0 Å². The monoisotopic (exact) mass is 396 g/mol. The number of carbonyl (C=O) groups is 1. The largest absolute Gasteiger partial charge is 0.435 e. The van der Waals surface area contributed by atoms with Crippen molar-refractivity contribution in [2.45, 2.75) is 45.3 Å². The molecule has 0 radical (unpaired) electrons. The van der Waals surface area contributed by atoms with Crippen molar-refractivity contribution in [3.63, 3.8) is 0 Å². The lowest BCUT2D eigenvalue weighted by atomic mass is 9.89. The lowest BCUT2D eigenvalue weighted by Crippen LogP contribution is -2.43. The Labute approximate surface area is 165 Å². The highest BCUT2D eigenvalue weighted by Crippen LogP contribution is 2.23. The Bertz CT molecular complexity index is 632. The maximum Gasteiger partial charge on any atom is 0.387 e. The van der Waals surface area contributed by atoms with Crippen LogP contribution in [0.2, 0.25) is 0 Å². The molecule has 0 aromatic heterocycles. The van der Waals surface area contributed by atoms with Gasteiger partial charge in [0.05, 0.1) is 0 Å². The fourth-order valence-corrected chi connectivity index (χ4v) is 3.38. The zero-order valence-corrected chi connectivity index (χ0v) is 16.6. The van der Waals surface area contributed by atoms with Crippen molar-refractivity contribution in [1.82, 2.24) is 15.5 Å². The van der Waals surface area contributed by atoms with Crippen LogP contribution in [0, 0.1) is 5.92 Å². The minimum atomic E-state index is -2.82. The summed E-state index contributed by atoms with van der Waals surface area (Å²) in [6, 6.07) is 6.52. The molecule has 0 aliphatic heterocycles. The molecule has 0 unspecified atom stereocenters. The highest BCUT2D eigenvalue weighted by molar-refractivity contribution is 5.80. The first-order chi connectivity index (χ1) is 13.5. The van der Waals surface area contributed by atoms with Gasteiger partial charge in [0.25, 0.3) is 0 Å². The van der Waals surface area contributed by atoms with E-state index in [1.807, 2.05) is 11.9 Å². The molecule has 28 heavy (non-hydrogen) atoms. The fraction of sp³-hybridized carbons (Fsp3) is 0.600. The Morgan fingerprint density at radius 2 is 1.82 bits per heavy atom. The lowest BCUT2D eigenvalue weighted by molar-refractivity contribution is -0.125. The molecular weight excluding hydrogens is 366 g/mol. The van der Waals surface area contributed by atoms with Gasteiger partial charge in [0.1, 0.15) is 5.75 Å². The second-order valence-corrected chi connectivity index (χ2v) is 6.98. The number of hydrogen-bond donors (Lipinski definition) is 2. The van der Waals surface area contributed by atoms with Crippen molar-refractivity contribution in [3.8, 4) is 5.75 Å². The summed E-state index contributed by atoms with van der Waals surface area (Å²) in [7, 11) is 3.58. The van der Waals surface area contributed by atoms with Gasteiger partial charge in [-0.05, 0) is 30.5 Å². The maximum atomic E-state index is 12.2. The second kappa shape index (κ2) is 11.5. The second-order valence-electron chi connectivity index (χ2n) is 6.98. The Hall–Kier alpha value is -2.38. The molecule has 0 saturated heterocycles. The van der Waals surface area contributed by atoms with Crippen LogP contribution in [0.1, 0.15) is 37.7 Å². The van der Waals surface area contributed by atoms with Crippen LogP contribution in [0.15, 0.2) is 29.3 Å². The van der Waals surface area contributed by atoms with Crippen LogP contribution in [0.4, 0.5) is 8.78 Å². The van der Waals surface area contributed by atoms with E-state index in [-0.39, 0.29) is 17.6 Å². The molecule has 0 spiro atoms. The number of nitrogens with zero attached hydrogens (tertiary/aromatic N) is 2. The van der Waals surface area contributed by atoms with Crippen molar-refractivity contribution < 1.29 is 18.3 Å². The third-order valence-electron chi connectivity index (χ3n) is 4.82. The molecule has 1 aliphatic carbocycles. The van der Waals surface area contributed by atoms with Crippen molar-refractivity contribution in [2.75, 3.05) is 27.2 Å². The molecule has 2 N–H and O–H groups in total. The number of alkyl halides is 2. The van der Waals surface area contributed by atoms with Crippen LogP contribution in [0.5, 0.6) is 5.75 Å². The van der Waals surface area contributed by atoms with Crippen molar-refractivity contribution >= 4 is 11.9 Å². The summed E-state index contributed by atoms with van der Waals surface area (Å²) in [6.45, 7) is -1.14. The molecule has 0 bridgehead atoms. The van der Waals surface area contributed by atoms with Gasteiger partial charge in [0.15, 0.2) is 5.96 Å². The Kier molecular flexibility index (Phi) is 8.97. The third kappa shape index (κ3) is 7.32. The van der Waals surface area contributed by atoms with Gasteiger partial charge in [-0.3, -0.25) is 9.79 Å². The number of rotatable bonds is 8. The molecule has 0 heterocycles. The van der Waals surface area contributed by atoms with Crippen LogP contribution in [0.3, 0.4) is 0 Å². The number of hydrogen-bond acceptors (Lipinski definition) is 3. The molecule has 8 heteroatoms. The van der Waals surface area contributed by atoms with Gasteiger partial charge in [0.2, 0.25) is 5.91 Å². The number of amides is 1. The molecule has 1 saturated carbocycles. The number of benzene rings is 1. The van der Waals surface area contributed by atoms with Crippen LogP contribution < -0.4 is 15.4 Å². The lowest BCUT2D eigenvalue weighted by Gasteiger charge is -2.23. The van der Waals surface area contributed by atoms with Crippen LogP contribution in [0.25, 0.3) is 0 Å². The maximum absolute atomic E-state index is 12.2. The number of nitrogens with one attached hydrogen (secondary N) is 2. The molecular formula is C20H30F2N4O2. The summed E-state index contributed by atoms with van der Waals surface area (Å²) in [5.41, 5.74) is 0.942. The van der Waals surface area contributed by atoms with Crippen molar-refractivity contribution in [3.05, 3.63) is 29.8 Å². The fourth-order valence-electron chi connectivity index (χ4n) is 3.38. The molecule has 2 rings (SSSR count). The minimum absolute atomic E-state index is 0.137.